The first-order chi connectivity index (χ1) is 9.51. The van der Waals surface area contributed by atoms with Crippen LogP contribution in [0.4, 0.5) is 11.4 Å². The topological polar surface area (TPSA) is 64.3 Å². The smallest absolute Gasteiger partial charge is 0.261 e. The molecule has 4 nitrogen and oxygen atoms in total. The Kier molecular flexibility index (Phi) is 4.29. The number of halogens is 1. The minimum Gasteiger partial charge on any atom is -0.496 e. The fourth-order valence-corrected chi connectivity index (χ4v) is 2.57. The highest BCUT2D eigenvalue weighted by Gasteiger charge is 2.16. The van der Waals surface area contributed by atoms with Crippen molar-refractivity contribution in [1.82, 2.24) is 0 Å². The number of hydrogen-bond donors (Lipinski definition) is 2. The van der Waals surface area contributed by atoms with Gasteiger partial charge in [0.2, 0.25) is 0 Å². The molecular formula is C15H15BrN2O2. The maximum atomic E-state index is 12.4. The zero-order valence-corrected chi connectivity index (χ0v) is 12.8. The first-order valence-electron chi connectivity index (χ1n) is 6.02. The van der Waals surface area contributed by atoms with Crippen LogP contribution in [0, 0.1) is 6.92 Å². The summed E-state index contributed by atoms with van der Waals surface area (Å²) < 4.78 is 6.09. The number of nitrogens with two attached hydrogens (primary N) is 1. The number of methoxy groups -OCH3 is 1. The molecule has 0 bridgehead atoms. The van der Waals surface area contributed by atoms with E-state index >= 15 is 0 Å². The van der Waals surface area contributed by atoms with Gasteiger partial charge in [-0.15, -0.1) is 0 Å². The number of aryl methyl sites for hydroxylation is 1. The van der Waals surface area contributed by atoms with Gasteiger partial charge in [-0.25, -0.2) is 0 Å². The lowest BCUT2D eigenvalue weighted by Gasteiger charge is -2.12. The Balaban J connectivity index is 2.33. The lowest BCUT2D eigenvalue weighted by atomic mass is 10.1. The number of carbonyl (C=O) groups excluding carboxylic acids is 1. The summed E-state index contributed by atoms with van der Waals surface area (Å²) in [5.74, 6) is 0.159. The zero-order chi connectivity index (χ0) is 14.7. The molecule has 1 amide bonds. The van der Waals surface area contributed by atoms with E-state index in [1.807, 2.05) is 25.1 Å². The van der Waals surface area contributed by atoms with Crippen LogP contribution in [0.15, 0.2) is 40.9 Å². The van der Waals surface area contributed by atoms with Crippen molar-refractivity contribution in [2.45, 2.75) is 6.92 Å². The van der Waals surface area contributed by atoms with Crippen LogP contribution in [0.1, 0.15) is 15.9 Å². The molecule has 0 saturated carbocycles. The van der Waals surface area contributed by atoms with Crippen LogP contribution < -0.4 is 15.8 Å². The summed E-state index contributed by atoms with van der Waals surface area (Å²) in [5.41, 5.74) is 8.33. The van der Waals surface area contributed by atoms with E-state index in [0.29, 0.717) is 22.7 Å². The predicted octanol–water partition coefficient (Wildman–Crippen LogP) is 3.60. The molecule has 5 heteroatoms. The number of rotatable bonds is 3. The molecule has 0 heterocycles. The third kappa shape index (κ3) is 3.11. The fourth-order valence-electron chi connectivity index (χ4n) is 1.96. The molecule has 0 saturated heterocycles. The predicted molar refractivity (Wildman–Crippen MR) is 84.2 cm³/mol. The molecule has 0 radical (unpaired) electrons. The lowest BCUT2D eigenvalue weighted by molar-refractivity contribution is 0.102. The highest BCUT2D eigenvalue weighted by Crippen LogP contribution is 2.26. The maximum Gasteiger partial charge on any atom is 0.261 e. The molecule has 0 atom stereocenters. The minimum absolute atomic E-state index is 0.294. The van der Waals surface area contributed by atoms with Crippen molar-refractivity contribution in [3.05, 3.63) is 52.0 Å². The van der Waals surface area contributed by atoms with Gasteiger partial charge in [0, 0.05) is 15.8 Å². The molecular weight excluding hydrogens is 320 g/mol. The first-order valence-corrected chi connectivity index (χ1v) is 6.81. The molecule has 2 rings (SSSR count). The Bertz CT molecular complexity index is 636. The van der Waals surface area contributed by atoms with Crippen LogP contribution in [-0.2, 0) is 0 Å². The van der Waals surface area contributed by atoms with E-state index in [4.69, 9.17) is 10.5 Å². The number of amides is 1. The van der Waals surface area contributed by atoms with Crippen molar-refractivity contribution < 1.29 is 9.53 Å². The number of benzene rings is 2. The van der Waals surface area contributed by atoms with Gasteiger partial charge >= 0.3 is 0 Å². The van der Waals surface area contributed by atoms with Gasteiger partial charge in [0.15, 0.2) is 0 Å². The summed E-state index contributed by atoms with van der Waals surface area (Å²) in [5, 5.41) is 2.83. The number of hydrogen-bond acceptors (Lipinski definition) is 3. The van der Waals surface area contributed by atoms with Crippen LogP contribution in [0.3, 0.4) is 0 Å². The molecule has 2 aromatic rings. The average molecular weight is 335 g/mol. The third-order valence-electron chi connectivity index (χ3n) is 2.81. The molecule has 0 unspecified atom stereocenters. The van der Waals surface area contributed by atoms with Crippen LogP contribution in [0.25, 0.3) is 0 Å². The number of nitrogens with one attached hydrogen (secondary N) is 1. The quantitative estimate of drug-likeness (QED) is 0.843. The van der Waals surface area contributed by atoms with Gasteiger partial charge in [0.25, 0.3) is 5.91 Å². The molecule has 0 aromatic heterocycles. The number of nitrogen functional groups attached to an aromatic ring is 1. The fraction of sp³-hybridized carbons (Fsp3) is 0.133. The van der Waals surface area contributed by atoms with Crippen LogP contribution >= 0.6 is 15.9 Å². The van der Waals surface area contributed by atoms with Crippen LogP contribution in [0.5, 0.6) is 5.75 Å². The summed E-state index contributed by atoms with van der Waals surface area (Å²) >= 11 is 3.40. The van der Waals surface area contributed by atoms with Gasteiger partial charge in [-0.3, -0.25) is 4.79 Å². The number of ether oxygens (including phenoxy) is 1. The molecule has 3 N–H and O–H groups in total. The SMILES string of the molecule is COc1cccc(N)c1C(=O)Nc1cc(C)cc(Br)c1. The van der Waals surface area contributed by atoms with Gasteiger partial charge in [0.1, 0.15) is 11.3 Å². The van der Waals surface area contributed by atoms with Gasteiger partial charge in [-0.1, -0.05) is 22.0 Å². The monoisotopic (exact) mass is 334 g/mol. The Morgan fingerprint density at radius 2 is 2.05 bits per heavy atom. The van der Waals surface area contributed by atoms with Gasteiger partial charge in [0.05, 0.1) is 7.11 Å². The Labute approximate surface area is 126 Å². The second kappa shape index (κ2) is 5.96. The molecule has 0 aliphatic rings. The Morgan fingerprint density at radius 3 is 2.70 bits per heavy atom. The summed E-state index contributed by atoms with van der Waals surface area (Å²) in [6.07, 6.45) is 0. The third-order valence-corrected chi connectivity index (χ3v) is 3.26. The highest BCUT2D eigenvalue weighted by molar-refractivity contribution is 9.10. The van der Waals surface area contributed by atoms with Gasteiger partial charge in [-0.2, -0.15) is 0 Å². The van der Waals surface area contributed by atoms with E-state index < -0.39 is 0 Å². The van der Waals surface area contributed by atoms with E-state index in [9.17, 15) is 4.79 Å². The average Bonchev–Trinajstić information content (AvgIpc) is 2.36. The van der Waals surface area contributed by atoms with Crippen molar-refractivity contribution in [3.63, 3.8) is 0 Å². The van der Waals surface area contributed by atoms with Crippen molar-refractivity contribution in [2.24, 2.45) is 0 Å². The summed E-state index contributed by atoms with van der Waals surface area (Å²) in [6.45, 7) is 1.96. The molecule has 0 spiro atoms. The lowest BCUT2D eigenvalue weighted by Crippen LogP contribution is -2.15. The minimum atomic E-state index is -0.294. The van der Waals surface area contributed by atoms with Crippen molar-refractivity contribution in [3.8, 4) is 5.75 Å². The molecule has 0 aliphatic carbocycles. The second-order valence-corrected chi connectivity index (χ2v) is 5.31. The van der Waals surface area contributed by atoms with Gasteiger partial charge in [-0.05, 0) is 42.8 Å². The molecule has 0 fully saturated rings. The Hall–Kier alpha value is -2.01. The second-order valence-electron chi connectivity index (χ2n) is 4.40. The molecule has 104 valence electrons. The highest BCUT2D eigenvalue weighted by atomic mass is 79.9. The van der Waals surface area contributed by atoms with E-state index in [1.54, 1.807) is 18.2 Å². The van der Waals surface area contributed by atoms with Crippen LogP contribution in [0.2, 0.25) is 0 Å². The van der Waals surface area contributed by atoms with Gasteiger partial charge < -0.3 is 15.8 Å². The number of anilines is 2. The Morgan fingerprint density at radius 1 is 1.30 bits per heavy atom. The summed E-state index contributed by atoms with van der Waals surface area (Å²) in [4.78, 5) is 12.4. The van der Waals surface area contributed by atoms with E-state index in [-0.39, 0.29) is 5.91 Å². The van der Waals surface area contributed by atoms with E-state index in [1.165, 1.54) is 7.11 Å². The number of carbonyl (C=O) groups is 1. The molecule has 2 aromatic carbocycles. The van der Waals surface area contributed by atoms with Crippen LogP contribution in [-0.4, -0.2) is 13.0 Å². The van der Waals surface area contributed by atoms with Crippen molar-refractivity contribution in [2.75, 3.05) is 18.2 Å². The standard InChI is InChI=1S/C15H15BrN2O2/c1-9-6-10(16)8-11(7-9)18-15(19)14-12(17)4-3-5-13(14)20-2/h3-8H,17H2,1-2H3,(H,18,19). The maximum absolute atomic E-state index is 12.4. The van der Waals surface area contributed by atoms with E-state index in [0.717, 1.165) is 10.0 Å². The summed E-state index contributed by atoms with van der Waals surface area (Å²) in [7, 11) is 1.51. The molecule has 0 aliphatic heterocycles. The van der Waals surface area contributed by atoms with Crippen molar-refractivity contribution in [1.29, 1.82) is 0 Å². The largest absolute Gasteiger partial charge is 0.496 e. The van der Waals surface area contributed by atoms with Crippen molar-refractivity contribution >= 4 is 33.2 Å². The normalized spacial score (nSPS) is 10.2. The first kappa shape index (κ1) is 14.4. The molecule has 20 heavy (non-hydrogen) atoms. The summed E-state index contributed by atoms with van der Waals surface area (Å²) in [6, 6.07) is 10.8. The van der Waals surface area contributed by atoms with E-state index in [2.05, 4.69) is 21.2 Å². The zero-order valence-electron chi connectivity index (χ0n) is 11.2.